The number of pyridine rings is 1. The number of nitrogens with two attached hydrogens (primary N) is 1. The molecular weight excluding hydrogens is 440 g/mol. The third-order valence-electron chi connectivity index (χ3n) is 6.10. The zero-order valence-electron chi connectivity index (χ0n) is 17.4. The van der Waals surface area contributed by atoms with E-state index in [-0.39, 0.29) is 5.25 Å². The van der Waals surface area contributed by atoms with Crippen LogP contribution in [0.2, 0.25) is 0 Å². The summed E-state index contributed by atoms with van der Waals surface area (Å²) in [4.78, 5) is 14.2. The van der Waals surface area contributed by atoms with Crippen LogP contribution in [0.15, 0.2) is 53.3 Å². The second kappa shape index (κ2) is 7.46. The molecule has 1 aliphatic carbocycles. The summed E-state index contributed by atoms with van der Waals surface area (Å²) in [6.45, 7) is 0. The molecule has 5 aromatic rings. The minimum atomic E-state index is -1.10. The Labute approximate surface area is 190 Å². The van der Waals surface area contributed by atoms with Crippen molar-refractivity contribution in [3.8, 4) is 22.5 Å². The molecule has 9 heteroatoms. The van der Waals surface area contributed by atoms with Crippen molar-refractivity contribution in [3.63, 3.8) is 0 Å². The number of rotatable bonds is 4. The molecule has 7 nitrogen and oxygen atoms in total. The van der Waals surface area contributed by atoms with Crippen molar-refractivity contribution in [3.05, 3.63) is 49.1 Å². The van der Waals surface area contributed by atoms with Crippen molar-refractivity contribution in [2.75, 3.05) is 5.73 Å². The summed E-state index contributed by atoms with van der Waals surface area (Å²) in [6.07, 6.45) is 8.24. The summed E-state index contributed by atoms with van der Waals surface area (Å²) in [5.74, 6) is 0. The monoisotopic (exact) mass is 460 g/mol. The van der Waals surface area contributed by atoms with Crippen molar-refractivity contribution in [2.45, 2.75) is 28.7 Å². The number of hydrogen-bond acceptors (Lipinski definition) is 7. The highest BCUT2D eigenvalue weighted by atomic mass is 32.2. The number of nitrogen functional groups attached to an aromatic ring is 1. The number of fused-ring (bicyclic) bond motifs is 2. The van der Waals surface area contributed by atoms with Crippen LogP contribution in [0.5, 0.6) is 0 Å². The summed E-state index contributed by atoms with van der Waals surface area (Å²) in [6, 6.07) is 10.0. The predicted molar refractivity (Wildman–Crippen MR) is 129 cm³/mol. The summed E-state index contributed by atoms with van der Waals surface area (Å²) in [7, 11) is 0.806. The van der Waals surface area contributed by atoms with Gasteiger partial charge in [0.05, 0.1) is 33.4 Å². The summed E-state index contributed by atoms with van der Waals surface area (Å²) < 4.78 is 15.7. The van der Waals surface area contributed by atoms with E-state index in [0.29, 0.717) is 5.69 Å². The number of anilines is 1. The van der Waals surface area contributed by atoms with Crippen molar-refractivity contribution >= 4 is 48.9 Å². The zero-order valence-corrected chi connectivity index (χ0v) is 19.0. The molecule has 4 heterocycles. The Hall–Kier alpha value is -3.17. The predicted octanol–water partition coefficient (Wildman–Crippen LogP) is 4.55. The average molecular weight is 461 g/mol. The van der Waals surface area contributed by atoms with Crippen LogP contribution < -0.4 is 5.73 Å². The largest absolute Gasteiger partial charge is 0.396 e. The number of aryl methyl sites for hydroxylation is 1. The smallest absolute Gasteiger partial charge is 0.127 e. The van der Waals surface area contributed by atoms with Gasteiger partial charge in [0, 0.05) is 46.6 Å². The molecule has 0 unspecified atom stereocenters. The lowest BCUT2D eigenvalue weighted by molar-refractivity contribution is 0.505. The van der Waals surface area contributed by atoms with Gasteiger partial charge in [0.2, 0.25) is 0 Å². The third-order valence-corrected chi connectivity index (χ3v) is 9.40. The van der Waals surface area contributed by atoms with Crippen molar-refractivity contribution in [1.82, 2.24) is 24.7 Å². The maximum Gasteiger partial charge on any atom is 0.127 e. The molecule has 32 heavy (non-hydrogen) atoms. The number of benzene rings is 1. The van der Waals surface area contributed by atoms with Gasteiger partial charge in [0.25, 0.3) is 0 Å². The van der Waals surface area contributed by atoms with Crippen LogP contribution >= 0.6 is 11.3 Å². The normalized spacial score (nSPS) is 15.3. The van der Waals surface area contributed by atoms with Gasteiger partial charge < -0.3 is 5.73 Å². The zero-order chi connectivity index (χ0) is 21.8. The number of thiophene rings is 1. The third kappa shape index (κ3) is 3.03. The molecule has 0 spiro atoms. The Kier molecular flexibility index (Phi) is 4.55. The van der Waals surface area contributed by atoms with E-state index < -0.39 is 10.8 Å². The van der Waals surface area contributed by atoms with Crippen LogP contribution in [0, 0.1) is 0 Å². The van der Waals surface area contributed by atoms with E-state index in [2.05, 4.69) is 15.1 Å². The summed E-state index contributed by atoms with van der Waals surface area (Å²) in [5.41, 5.74) is 11.7. The van der Waals surface area contributed by atoms with E-state index in [0.717, 1.165) is 67.1 Å². The average Bonchev–Trinajstić information content (AvgIpc) is 3.34. The van der Waals surface area contributed by atoms with E-state index >= 15 is 0 Å². The minimum absolute atomic E-state index is 0.200. The molecule has 0 bridgehead atoms. The maximum atomic E-state index is 13.2. The summed E-state index contributed by atoms with van der Waals surface area (Å²) >= 11 is 1.45. The topological polar surface area (TPSA) is 99.6 Å². The van der Waals surface area contributed by atoms with Gasteiger partial charge >= 0.3 is 0 Å². The lowest BCUT2D eigenvalue weighted by Gasteiger charge is -2.23. The lowest BCUT2D eigenvalue weighted by Crippen LogP contribution is -2.23. The second-order valence-corrected chi connectivity index (χ2v) is 11.0. The maximum absolute atomic E-state index is 13.2. The van der Waals surface area contributed by atoms with E-state index in [9.17, 15) is 4.21 Å². The van der Waals surface area contributed by atoms with Gasteiger partial charge in [0.15, 0.2) is 0 Å². The molecule has 0 radical (unpaired) electrons. The molecule has 0 saturated heterocycles. The van der Waals surface area contributed by atoms with E-state index in [4.69, 9.17) is 10.7 Å². The van der Waals surface area contributed by atoms with Crippen LogP contribution in [0.3, 0.4) is 0 Å². The van der Waals surface area contributed by atoms with Gasteiger partial charge in [-0.2, -0.15) is 5.10 Å². The van der Waals surface area contributed by atoms with Crippen LogP contribution in [-0.4, -0.2) is 34.2 Å². The molecule has 0 amide bonds. The van der Waals surface area contributed by atoms with Crippen LogP contribution in [0.25, 0.3) is 43.6 Å². The highest BCUT2D eigenvalue weighted by Crippen LogP contribution is 2.44. The Balaban J connectivity index is 1.60. The standard InChI is InChI=1S/C23H20N6OS2/c1-29-19(7-8-27-29)16-10-18(13-5-6-17-14(9-13)11-25-12-26-17)28-22-20(16)21(24)23(31-22)32(30)15-3-2-4-15/h5-12,15H,2-4,24H2,1H3/t32-/m1/s1. The molecule has 0 aliphatic heterocycles. The van der Waals surface area contributed by atoms with E-state index in [1.54, 1.807) is 18.7 Å². The lowest BCUT2D eigenvalue weighted by atomic mass is 10.0. The highest BCUT2D eigenvalue weighted by molar-refractivity contribution is 7.88. The second-order valence-electron chi connectivity index (χ2n) is 8.03. The molecule has 6 rings (SSSR count). The molecule has 1 atom stereocenters. The minimum Gasteiger partial charge on any atom is -0.396 e. The fourth-order valence-electron chi connectivity index (χ4n) is 4.12. The molecule has 160 valence electrons. The quantitative estimate of drug-likeness (QED) is 0.422. The van der Waals surface area contributed by atoms with Crippen molar-refractivity contribution < 1.29 is 4.21 Å². The molecule has 4 aromatic heterocycles. The Morgan fingerprint density at radius 3 is 2.84 bits per heavy atom. The van der Waals surface area contributed by atoms with Gasteiger partial charge in [-0.3, -0.25) is 8.89 Å². The molecular formula is C23H20N6OS2. The van der Waals surface area contributed by atoms with E-state index in [1.165, 1.54) is 11.3 Å². The van der Waals surface area contributed by atoms with E-state index in [1.807, 2.05) is 42.1 Å². The Bertz CT molecular complexity index is 1520. The Morgan fingerprint density at radius 1 is 1.22 bits per heavy atom. The van der Waals surface area contributed by atoms with Gasteiger partial charge in [0.1, 0.15) is 15.4 Å². The van der Waals surface area contributed by atoms with Gasteiger partial charge in [-0.15, -0.1) is 11.3 Å². The number of hydrogen-bond donors (Lipinski definition) is 1. The molecule has 1 fully saturated rings. The first-order chi connectivity index (χ1) is 15.6. The SMILES string of the molecule is Cn1nccc1-c1cc(-c2ccc3ncncc3c2)nc2sc([S@](=O)C3CCC3)c(N)c12. The fraction of sp³-hybridized carbons (Fsp3) is 0.217. The highest BCUT2D eigenvalue weighted by Gasteiger charge is 2.29. The van der Waals surface area contributed by atoms with Crippen molar-refractivity contribution in [1.29, 1.82) is 0 Å². The Morgan fingerprint density at radius 2 is 2.09 bits per heavy atom. The van der Waals surface area contributed by atoms with Crippen LogP contribution in [0.4, 0.5) is 5.69 Å². The van der Waals surface area contributed by atoms with Crippen LogP contribution in [-0.2, 0) is 17.8 Å². The fourth-order valence-corrected chi connectivity index (χ4v) is 7.33. The molecule has 1 saturated carbocycles. The van der Waals surface area contributed by atoms with Gasteiger partial charge in [-0.1, -0.05) is 12.5 Å². The first kappa shape index (κ1) is 19.5. The summed E-state index contributed by atoms with van der Waals surface area (Å²) in [5, 5.41) is 6.35. The molecule has 2 N–H and O–H groups in total. The molecule has 1 aliphatic rings. The first-order valence-electron chi connectivity index (χ1n) is 10.4. The molecule has 1 aromatic carbocycles. The number of nitrogens with zero attached hydrogens (tertiary/aromatic N) is 5. The van der Waals surface area contributed by atoms with Gasteiger partial charge in [-0.05, 0) is 37.1 Å². The number of aromatic nitrogens is 5. The van der Waals surface area contributed by atoms with Crippen LogP contribution in [0.1, 0.15) is 19.3 Å². The van der Waals surface area contributed by atoms with Crippen molar-refractivity contribution in [2.24, 2.45) is 7.05 Å². The van der Waals surface area contributed by atoms with Gasteiger partial charge in [-0.25, -0.2) is 15.0 Å². The first-order valence-corrected chi connectivity index (χ1v) is 12.4.